The number of oxazole rings is 1. The number of benzene rings is 1. The summed E-state index contributed by atoms with van der Waals surface area (Å²) >= 11 is 0. The largest absolute Gasteiger partial charge is 0.419 e. The van der Waals surface area contributed by atoms with Crippen LogP contribution in [0.3, 0.4) is 0 Å². The van der Waals surface area contributed by atoms with E-state index in [1.165, 1.54) is 22.8 Å². The molecule has 0 radical (unpaired) electrons. The molecule has 1 N–H and O–H groups in total. The molecule has 19 heavy (non-hydrogen) atoms. The molecule has 0 saturated carbocycles. The van der Waals surface area contributed by atoms with Gasteiger partial charge < -0.3 is 9.52 Å². The minimum Gasteiger partial charge on any atom is -0.408 e. The van der Waals surface area contributed by atoms with E-state index in [0.717, 1.165) is 0 Å². The lowest BCUT2D eigenvalue weighted by Crippen LogP contribution is -2.24. The van der Waals surface area contributed by atoms with Gasteiger partial charge in [0, 0.05) is 18.7 Å². The maximum atomic E-state index is 11.7. The Hall–Kier alpha value is -2.15. The Kier molecular flexibility index (Phi) is 3.15. The molecule has 2 rings (SSSR count). The molecule has 0 saturated heterocycles. The van der Waals surface area contributed by atoms with Crippen molar-refractivity contribution < 1.29 is 14.4 Å². The molecular weight excluding hydrogens is 252 g/mol. The molecule has 1 aromatic heterocycles. The van der Waals surface area contributed by atoms with Crippen molar-refractivity contribution in [3.8, 4) is 0 Å². The Morgan fingerprint density at radius 2 is 2.16 bits per heavy atom. The van der Waals surface area contributed by atoms with E-state index in [1.807, 2.05) is 0 Å². The second kappa shape index (κ2) is 4.51. The summed E-state index contributed by atoms with van der Waals surface area (Å²) in [5.41, 5.74) is -0.371. The van der Waals surface area contributed by atoms with Crippen LogP contribution in [0.25, 0.3) is 11.1 Å². The van der Waals surface area contributed by atoms with Gasteiger partial charge in [-0.2, -0.15) is 0 Å². The third-order valence-electron chi connectivity index (χ3n) is 2.81. The van der Waals surface area contributed by atoms with Crippen molar-refractivity contribution in [3.05, 3.63) is 38.9 Å². The van der Waals surface area contributed by atoms with Gasteiger partial charge in [-0.3, -0.25) is 14.7 Å². The van der Waals surface area contributed by atoms with Crippen LogP contribution in [0.5, 0.6) is 0 Å². The van der Waals surface area contributed by atoms with Gasteiger partial charge in [-0.05, 0) is 26.3 Å². The van der Waals surface area contributed by atoms with Gasteiger partial charge in [0.15, 0.2) is 5.58 Å². The summed E-state index contributed by atoms with van der Waals surface area (Å²) in [5.74, 6) is -0.584. The normalized spacial score (nSPS) is 11.9. The zero-order valence-electron chi connectivity index (χ0n) is 10.6. The first-order valence-corrected chi connectivity index (χ1v) is 5.78. The molecule has 0 aliphatic rings. The highest BCUT2D eigenvalue weighted by atomic mass is 16.6. The number of aliphatic hydroxyl groups is 1. The third kappa shape index (κ3) is 2.82. The molecule has 0 fully saturated rings. The lowest BCUT2D eigenvalue weighted by Gasteiger charge is -2.16. The van der Waals surface area contributed by atoms with Gasteiger partial charge in [0.25, 0.3) is 5.69 Å². The summed E-state index contributed by atoms with van der Waals surface area (Å²) in [4.78, 5) is 21.9. The Morgan fingerprint density at radius 3 is 2.74 bits per heavy atom. The summed E-state index contributed by atoms with van der Waals surface area (Å²) < 4.78 is 6.29. The quantitative estimate of drug-likeness (QED) is 0.670. The van der Waals surface area contributed by atoms with E-state index in [0.29, 0.717) is 17.5 Å². The van der Waals surface area contributed by atoms with Crippen molar-refractivity contribution in [1.29, 1.82) is 0 Å². The van der Waals surface area contributed by atoms with Crippen molar-refractivity contribution >= 4 is 16.8 Å². The van der Waals surface area contributed by atoms with Crippen LogP contribution in [-0.4, -0.2) is 20.2 Å². The van der Waals surface area contributed by atoms with Gasteiger partial charge >= 0.3 is 5.76 Å². The van der Waals surface area contributed by atoms with E-state index < -0.39 is 16.3 Å². The second-order valence-corrected chi connectivity index (χ2v) is 4.99. The fraction of sp³-hybridized carbons (Fsp3) is 0.417. The predicted octanol–water partition coefficient (Wildman–Crippen LogP) is 1.66. The summed E-state index contributed by atoms with van der Waals surface area (Å²) in [6, 6.07) is 3.98. The van der Waals surface area contributed by atoms with Gasteiger partial charge in [0.1, 0.15) is 0 Å². The minimum absolute atomic E-state index is 0.106. The maximum absolute atomic E-state index is 11.7. The summed E-state index contributed by atoms with van der Waals surface area (Å²) in [6.45, 7) is 3.49. The van der Waals surface area contributed by atoms with E-state index in [9.17, 15) is 20.0 Å². The van der Waals surface area contributed by atoms with Crippen molar-refractivity contribution in [1.82, 2.24) is 4.57 Å². The number of nitro benzene ring substituents is 1. The van der Waals surface area contributed by atoms with Crippen LogP contribution in [0, 0.1) is 10.1 Å². The molecule has 0 spiro atoms. The number of nitrogens with zero attached hydrogens (tertiary/aromatic N) is 2. The third-order valence-corrected chi connectivity index (χ3v) is 2.81. The van der Waals surface area contributed by atoms with Crippen LogP contribution in [0.15, 0.2) is 27.4 Å². The van der Waals surface area contributed by atoms with Crippen molar-refractivity contribution in [2.45, 2.75) is 32.4 Å². The molecule has 0 aliphatic heterocycles. The first kappa shape index (κ1) is 13.3. The summed E-state index contributed by atoms with van der Waals surface area (Å²) in [7, 11) is 0. The molecule has 0 bridgehead atoms. The molecule has 0 aliphatic carbocycles. The number of hydrogen-bond acceptors (Lipinski definition) is 5. The second-order valence-electron chi connectivity index (χ2n) is 4.99. The summed E-state index contributed by atoms with van der Waals surface area (Å²) in [6.07, 6.45) is 0.338. The van der Waals surface area contributed by atoms with Gasteiger partial charge in [-0.1, -0.05) is 0 Å². The molecule has 102 valence electrons. The average molecular weight is 266 g/mol. The average Bonchev–Trinajstić information content (AvgIpc) is 2.60. The van der Waals surface area contributed by atoms with Crippen LogP contribution in [0.4, 0.5) is 5.69 Å². The molecule has 7 heteroatoms. The van der Waals surface area contributed by atoms with Crippen LogP contribution in [0.2, 0.25) is 0 Å². The number of rotatable bonds is 4. The van der Waals surface area contributed by atoms with Crippen LogP contribution >= 0.6 is 0 Å². The standard InChI is InChI=1S/C12H14N2O5/c1-12(2,16)5-6-13-9-7-8(14(17)18)3-4-10(9)19-11(13)15/h3-4,7,16H,5-6H2,1-2H3. The van der Waals surface area contributed by atoms with Gasteiger partial charge in [-0.15, -0.1) is 0 Å². The molecule has 7 nitrogen and oxygen atoms in total. The van der Waals surface area contributed by atoms with Gasteiger partial charge in [0.2, 0.25) is 0 Å². The Balaban J connectivity index is 2.47. The first-order chi connectivity index (χ1) is 8.78. The number of fused-ring (bicyclic) bond motifs is 1. The monoisotopic (exact) mass is 266 g/mol. The molecule has 2 aromatic rings. The van der Waals surface area contributed by atoms with Crippen LogP contribution in [-0.2, 0) is 6.54 Å². The van der Waals surface area contributed by atoms with Crippen molar-refractivity contribution in [3.63, 3.8) is 0 Å². The minimum atomic E-state index is -0.927. The number of hydrogen-bond donors (Lipinski definition) is 1. The molecule has 0 unspecified atom stereocenters. The lowest BCUT2D eigenvalue weighted by atomic mass is 10.1. The Labute approximate surface area is 108 Å². The smallest absolute Gasteiger partial charge is 0.408 e. The van der Waals surface area contributed by atoms with Gasteiger partial charge in [0.05, 0.1) is 16.0 Å². The van der Waals surface area contributed by atoms with E-state index >= 15 is 0 Å². The molecule has 0 atom stereocenters. The van der Waals surface area contributed by atoms with Gasteiger partial charge in [-0.25, -0.2) is 4.79 Å². The van der Waals surface area contributed by atoms with E-state index in [2.05, 4.69) is 0 Å². The maximum Gasteiger partial charge on any atom is 0.419 e. The SMILES string of the molecule is CC(C)(O)CCn1c(=O)oc2ccc([N+](=O)[O-])cc21. The highest BCUT2D eigenvalue weighted by molar-refractivity contribution is 5.75. The van der Waals surface area contributed by atoms with Crippen LogP contribution in [0.1, 0.15) is 20.3 Å². The summed E-state index contributed by atoms with van der Waals surface area (Å²) in [5, 5.41) is 20.4. The Morgan fingerprint density at radius 1 is 1.47 bits per heavy atom. The molecular formula is C12H14N2O5. The highest BCUT2D eigenvalue weighted by Gasteiger charge is 2.17. The number of non-ortho nitro benzene ring substituents is 1. The number of aryl methyl sites for hydroxylation is 1. The topological polar surface area (TPSA) is 98.5 Å². The zero-order chi connectivity index (χ0) is 14.2. The highest BCUT2D eigenvalue weighted by Crippen LogP contribution is 2.21. The van der Waals surface area contributed by atoms with Crippen molar-refractivity contribution in [2.75, 3.05) is 0 Å². The van der Waals surface area contributed by atoms with Crippen LogP contribution < -0.4 is 5.76 Å². The zero-order valence-corrected chi connectivity index (χ0v) is 10.6. The molecule has 1 heterocycles. The lowest BCUT2D eigenvalue weighted by molar-refractivity contribution is -0.384. The molecule has 1 aromatic carbocycles. The first-order valence-electron chi connectivity index (χ1n) is 5.78. The van der Waals surface area contributed by atoms with E-state index in [1.54, 1.807) is 13.8 Å². The number of aromatic nitrogens is 1. The molecule has 0 amide bonds. The van der Waals surface area contributed by atoms with Crippen molar-refractivity contribution in [2.24, 2.45) is 0 Å². The fourth-order valence-electron chi connectivity index (χ4n) is 1.76. The number of nitro groups is 1. The van der Waals surface area contributed by atoms with E-state index in [4.69, 9.17) is 4.42 Å². The predicted molar refractivity (Wildman–Crippen MR) is 68.0 cm³/mol. The fourth-order valence-corrected chi connectivity index (χ4v) is 1.76. The van der Waals surface area contributed by atoms with E-state index in [-0.39, 0.29) is 12.2 Å². The Bertz CT molecular complexity index is 677.